The standard InChI is InChI=1S/C24H29N5O3/c1-17(25-24(30)19-5-4-6-21(15-19)32-3)23-27-26-22-11-12-28(13-14-29(22)23)16-18-7-9-20(31-2)10-8-18/h4-10,15,17H,11-14,16H2,1-3H3,(H,25,30). The summed E-state index contributed by atoms with van der Waals surface area (Å²) in [4.78, 5) is 15.1. The van der Waals surface area contributed by atoms with E-state index in [4.69, 9.17) is 9.47 Å². The molecule has 4 rings (SSSR count). The summed E-state index contributed by atoms with van der Waals surface area (Å²) in [6.07, 6.45) is 0.819. The average molecular weight is 436 g/mol. The van der Waals surface area contributed by atoms with E-state index in [0.29, 0.717) is 11.3 Å². The molecule has 2 heterocycles. The Labute approximate surface area is 188 Å². The van der Waals surface area contributed by atoms with E-state index in [-0.39, 0.29) is 11.9 Å². The van der Waals surface area contributed by atoms with Crippen LogP contribution in [0.5, 0.6) is 11.5 Å². The van der Waals surface area contributed by atoms with Crippen LogP contribution in [0.4, 0.5) is 0 Å². The topological polar surface area (TPSA) is 81.5 Å². The van der Waals surface area contributed by atoms with Gasteiger partial charge < -0.3 is 19.4 Å². The number of rotatable bonds is 7. The van der Waals surface area contributed by atoms with Gasteiger partial charge in [-0.05, 0) is 42.8 Å². The van der Waals surface area contributed by atoms with Gasteiger partial charge in [0.1, 0.15) is 17.3 Å². The Kier molecular flexibility index (Phi) is 6.70. The molecule has 168 valence electrons. The second-order valence-corrected chi connectivity index (χ2v) is 7.93. The van der Waals surface area contributed by atoms with E-state index in [1.54, 1.807) is 32.4 Å². The maximum atomic E-state index is 12.7. The maximum Gasteiger partial charge on any atom is 0.251 e. The smallest absolute Gasteiger partial charge is 0.251 e. The average Bonchev–Trinajstić information content (AvgIpc) is 3.14. The van der Waals surface area contributed by atoms with Crippen LogP contribution in [-0.4, -0.2) is 52.9 Å². The molecular formula is C24H29N5O3. The lowest BCUT2D eigenvalue weighted by atomic mass is 10.2. The fourth-order valence-electron chi connectivity index (χ4n) is 3.97. The second-order valence-electron chi connectivity index (χ2n) is 7.93. The molecule has 8 heteroatoms. The van der Waals surface area contributed by atoms with Crippen LogP contribution in [0.15, 0.2) is 48.5 Å². The molecule has 2 aromatic carbocycles. The number of aromatic nitrogens is 3. The van der Waals surface area contributed by atoms with Crippen LogP contribution in [0.2, 0.25) is 0 Å². The zero-order valence-electron chi connectivity index (χ0n) is 18.7. The minimum absolute atomic E-state index is 0.163. The van der Waals surface area contributed by atoms with Crippen LogP contribution in [-0.2, 0) is 19.5 Å². The van der Waals surface area contributed by atoms with Crippen molar-refractivity contribution < 1.29 is 14.3 Å². The third-order valence-corrected chi connectivity index (χ3v) is 5.78. The lowest BCUT2D eigenvalue weighted by Gasteiger charge is -2.20. The Morgan fingerprint density at radius 2 is 1.81 bits per heavy atom. The summed E-state index contributed by atoms with van der Waals surface area (Å²) in [5.41, 5.74) is 1.81. The van der Waals surface area contributed by atoms with E-state index in [1.807, 2.05) is 25.1 Å². The SMILES string of the molecule is COc1ccc(CN2CCc3nnc(C(C)NC(=O)c4cccc(OC)c4)n3CC2)cc1. The van der Waals surface area contributed by atoms with Gasteiger partial charge in [0.25, 0.3) is 5.91 Å². The van der Waals surface area contributed by atoms with Crippen molar-refractivity contribution in [3.63, 3.8) is 0 Å². The fraction of sp³-hybridized carbons (Fsp3) is 0.375. The monoisotopic (exact) mass is 435 g/mol. The number of carbonyl (C=O) groups excluding carboxylic acids is 1. The summed E-state index contributed by atoms with van der Waals surface area (Å²) in [5, 5.41) is 11.8. The number of nitrogens with zero attached hydrogens (tertiary/aromatic N) is 4. The van der Waals surface area contributed by atoms with Gasteiger partial charge in [0.2, 0.25) is 0 Å². The molecule has 0 saturated carbocycles. The number of benzene rings is 2. The van der Waals surface area contributed by atoms with Gasteiger partial charge in [0, 0.05) is 38.2 Å². The molecule has 0 aliphatic carbocycles. The first-order chi connectivity index (χ1) is 15.6. The molecule has 0 bridgehead atoms. The number of amides is 1. The highest BCUT2D eigenvalue weighted by atomic mass is 16.5. The molecule has 0 spiro atoms. The largest absolute Gasteiger partial charge is 0.497 e. The molecule has 1 aliphatic heterocycles. The predicted molar refractivity (Wildman–Crippen MR) is 121 cm³/mol. The van der Waals surface area contributed by atoms with E-state index in [0.717, 1.165) is 50.0 Å². The number of carbonyl (C=O) groups is 1. The number of nitrogens with one attached hydrogen (secondary N) is 1. The predicted octanol–water partition coefficient (Wildman–Crippen LogP) is 2.84. The highest BCUT2D eigenvalue weighted by Crippen LogP contribution is 2.19. The van der Waals surface area contributed by atoms with Gasteiger partial charge in [-0.3, -0.25) is 9.69 Å². The molecule has 1 atom stereocenters. The molecule has 1 unspecified atom stereocenters. The fourth-order valence-corrected chi connectivity index (χ4v) is 3.97. The molecule has 3 aromatic rings. The van der Waals surface area contributed by atoms with Gasteiger partial charge in [0.15, 0.2) is 5.82 Å². The van der Waals surface area contributed by atoms with E-state index in [9.17, 15) is 4.79 Å². The number of hydrogen-bond acceptors (Lipinski definition) is 6. The molecule has 1 N–H and O–H groups in total. The van der Waals surface area contributed by atoms with Gasteiger partial charge in [-0.1, -0.05) is 18.2 Å². The summed E-state index contributed by atoms with van der Waals surface area (Å²) in [6.45, 7) is 5.40. The van der Waals surface area contributed by atoms with Crippen molar-refractivity contribution in [3.8, 4) is 11.5 Å². The molecule has 8 nitrogen and oxygen atoms in total. The molecule has 0 fully saturated rings. The Morgan fingerprint density at radius 3 is 2.56 bits per heavy atom. The molecule has 0 radical (unpaired) electrons. The van der Waals surface area contributed by atoms with Crippen molar-refractivity contribution in [2.45, 2.75) is 32.5 Å². The number of methoxy groups -OCH3 is 2. The molecule has 1 aromatic heterocycles. The van der Waals surface area contributed by atoms with E-state index < -0.39 is 0 Å². The highest BCUT2D eigenvalue weighted by molar-refractivity contribution is 5.94. The lowest BCUT2D eigenvalue weighted by Crippen LogP contribution is -2.30. The van der Waals surface area contributed by atoms with Gasteiger partial charge >= 0.3 is 0 Å². The van der Waals surface area contributed by atoms with Gasteiger partial charge in [-0.25, -0.2) is 0 Å². The second kappa shape index (κ2) is 9.82. The molecule has 1 amide bonds. The van der Waals surface area contributed by atoms with E-state index in [2.05, 4.69) is 37.1 Å². The van der Waals surface area contributed by atoms with Crippen molar-refractivity contribution in [2.24, 2.45) is 0 Å². The molecule has 0 saturated heterocycles. The zero-order valence-corrected chi connectivity index (χ0v) is 18.7. The lowest BCUT2D eigenvalue weighted by molar-refractivity contribution is 0.0937. The minimum atomic E-state index is -0.261. The third-order valence-electron chi connectivity index (χ3n) is 5.78. The van der Waals surface area contributed by atoms with Crippen LogP contribution < -0.4 is 14.8 Å². The Bertz CT molecular complexity index is 1060. The highest BCUT2D eigenvalue weighted by Gasteiger charge is 2.23. The molecular weight excluding hydrogens is 406 g/mol. The summed E-state index contributed by atoms with van der Waals surface area (Å²) in [7, 11) is 3.26. The van der Waals surface area contributed by atoms with Crippen molar-refractivity contribution in [1.29, 1.82) is 0 Å². The summed E-state index contributed by atoms with van der Waals surface area (Å²) < 4.78 is 12.6. The van der Waals surface area contributed by atoms with E-state index >= 15 is 0 Å². The number of fused-ring (bicyclic) bond motifs is 1. The first-order valence-corrected chi connectivity index (χ1v) is 10.8. The van der Waals surface area contributed by atoms with Crippen LogP contribution >= 0.6 is 0 Å². The zero-order chi connectivity index (χ0) is 22.5. The first-order valence-electron chi connectivity index (χ1n) is 10.8. The number of ether oxygens (including phenoxy) is 2. The van der Waals surface area contributed by atoms with Crippen molar-refractivity contribution in [1.82, 2.24) is 25.0 Å². The number of hydrogen-bond donors (Lipinski definition) is 1. The minimum Gasteiger partial charge on any atom is -0.497 e. The molecule has 32 heavy (non-hydrogen) atoms. The first kappa shape index (κ1) is 21.8. The van der Waals surface area contributed by atoms with E-state index in [1.165, 1.54) is 5.56 Å². The Hall–Kier alpha value is -3.39. The third kappa shape index (κ3) is 4.91. The quantitative estimate of drug-likeness (QED) is 0.615. The summed E-state index contributed by atoms with van der Waals surface area (Å²) in [6, 6.07) is 15.0. The van der Waals surface area contributed by atoms with Crippen molar-refractivity contribution in [3.05, 3.63) is 71.3 Å². The van der Waals surface area contributed by atoms with Gasteiger partial charge in [-0.15, -0.1) is 10.2 Å². The Balaban J connectivity index is 1.40. The Morgan fingerprint density at radius 1 is 1.03 bits per heavy atom. The summed E-state index contributed by atoms with van der Waals surface area (Å²) >= 11 is 0. The van der Waals surface area contributed by atoms with Crippen LogP contribution in [0, 0.1) is 0 Å². The van der Waals surface area contributed by atoms with Crippen LogP contribution in [0.25, 0.3) is 0 Å². The van der Waals surface area contributed by atoms with Crippen molar-refractivity contribution >= 4 is 5.91 Å². The molecule has 1 aliphatic rings. The van der Waals surface area contributed by atoms with Gasteiger partial charge in [-0.2, -0.15) is 0 Å². The van der Waals surface area contributed by atoms with Gasteiger partial charge in [0.05, 0.1) is 20.3 Å². The van der Waals surface area contributed by atoms with Crippen LogP contribution in [0.1, 0.15) is 40.5 Å². The van der Waals surface area contributed by atoms with Crippen LogP contribution in [0.3, 0.4) is 0 Å². The summed E-state index contributed by atoms with van der Waals surface area (Å²) in [5.74, 6) is 3.09. The maximum absolute atomic E-state index is 12.7. The normalized spacial score (nSPS) is 14.8. The van der Waals surface area contributed by atoms with Crippen molar-refractivity contribution in [2.75, 3.05) is 27.3 Å².